The fourth-order valence-electron chi connectivity index (χ4n) is 9.58. The minimum absolute atomic E-state index is 0.112. The van der Waals surface area contributed by atoms with Crippen molar-refractivity contribution in [2.45, 2.75) is 19.3 Å². The van der Waals surface area contributed by atoms with Crippen LogP contribution in [0.5, 0.6) is 0 Å². The highest BCUT2D eigenvalue weighted by Crippen LogP contribution is 2.51. The van der Waals surface area contributed by atoms with Gasteiger partial charge in [-0.2, -0.15) is 0 Å². The monoisotopic (exact) mass is 702 g/mol. The van der Waals surface area contributed by atoms with Crippen molar-refractivity contribution in [2.75, 3.05) is 0 Å². The van der Waals surface area contributed by atoms with Crippen LogP contribution < -0.4 is 0 Å². The van der Waals surface area contributed by atoms with Gasteiger partial charge in [0.2, 0.25) is 0 Å². The Morgan fingerprint density at radius 3 is 2.15 bits per heavy atom. The molecule has 0 spiro atoms. The third-order valence-corrected chi connectivity index (χ3v) is 12.2. The van der Waals surface area contributed by atoms with E-state index in [2.05, 4.69) is 164 Å². The molecule has 0 amide bonds. The summed E-state index contributed by atoms with van der Waals surface area (Å²) in [4.78, 5) is 4.87. The van der Waals surface area contributed by atoms with Gasteiger partial charge in [0.05, 0.1) is 16.6 Å². The standard InChI is InChI=1S/C52H34N2O/c1-52(2)44-17-5-3-12-38(44)41-29-43-42-28-34(36-14-7-10-32-19-20-33-11-9-27-53-50(33)49(32)36)23-26-46(42)54(47(43)30-45(41)52)35-24-21-31(22-25-35)37-15-8-16-40-39-13-4-6-18-48(39)55-51(37)40/h3-30H,1-2H3. The van der Waals surface area contributed by atoms with Crippen LogP contribution in [-0.2, 0) is 5.41 Å². The number of furan rings is 1. The summed E-state index contributed by atoms with van der Waals surface area (Å²) in [7, 11) is 0. The third kappa shape index (κ3) is 4.24. The molecular weight excluding hydrogens is 669 g/mol. The molecular formula is C52H34N2O. The van der Waals surface area contributed by atoms with Crippen molar-refractivity contribution in [3.63, 3.8) is 0 Å². The van der Waals surface area contributed by atoms with E-state index in [1.54, 1.807) is 0 Å². The van der Waals surface area contributed by atoms with Crippen LogP contribution in [-0.4, -0.2) is 9.55 Å². The van der Waals surface area contributed by atoms with Gasteiger partial charge >= 0.3 is 0 Å². The maximum Gasteiger partial charge on any atom is 0.143 e. The topological polar surface area (TPSA) is 31.0 Å². The molecule has 0 unspecified atom stereocenters. The lowest BCUT2D eigenvalue weighted by atomic mass is 9.82. The fourth-order valence-corrected chi connectivity index (χ4v) is 9.58. The lowest BCUT2D eigenvalue weighted by Crippen LogP contribution is -2.14. The van der Waals surface area contributed by atoms with E-state index in [0.29, 0.717) is 0 Å². The maximum atomic E-state index is 6.43. The van der Waals surface area contributed by atoms with Crippen molar-refractivity contribution >= 4 is 65.4 Å². The number of benzene rings is 8. The molecule has 0 N–H and O–H groups in total. The molecule has 3 nitrogen and oxygen atoms in total. The highest BCUT2D eigenvalue weighted by molar-refractivity contribution is 6.16. The Kier molecular flexibility index (Phi) is 6.12. The quantitative estimate of drug-likeness (QED) is 0.172. The van der Waals surface area contributed by atoms with Crippen LogP contribution in [0, 0.1) is 0 Å². The lowest BCUT2D eigenvalue weighted by molar-refractivity contribution is 0.661. The predicted molar refractivity (Wildman–Crippen MR) is 229 cm³/mol. The van der Waals surface area contributed by atoms with Gasteiger partial charge < -0.3 is 8.98 Å². The zero-order valence-electron chi connectivity index (χ0n) is 30.5. The average molecular weight is 703 g/mol. The van der Waals surface area contributed by atoms with Gasteiger partial charge in [-0.05, 0) is 92.9 Å². The molecule has 11 aromatic rings. The second-order valence-corrected chi connectivity index (χ2v) is 15.5. The Balaban J connectivity index is 1.10. The van der Waals surface area contributed by atoms with Crippen LogP contribution in [0.3, 0.4) is 0 Å². The van der Waals surface area contributed by atoms with E-state index in [9.17, 15) is 0 Å². The SMILES string of the molecule is CC1(C)c2ccccc2-c2cc3c4cc(-c5cccc6ccc7cccnc7c56)ccc4n(-c4ccc(-c5cccc6c5oc5ccccc56)cc4)c3cc21. The number of rotatable bonds is 3. The van der Waals surface area contributed by atoms with Gasteiger partial charge in [0.1, 0.15) is 11.2 Å². The molecule has 3 heteroatoms. The molecule has 1 aliphatic rings. The van der Waals surface area contributed by atoms with Crippen LogP contribution in [0.15, 0.2) is 174 Å². The molecule has 258 valence electrons. The molecule has 0 saturated carbocycles. The minimum atomic E-state index is -0.112. The highest BCUT2D eigenvalue weighted by atomic mass is 16.3. The Bertz CT molecular complexity index is 3400. The summed E-state index contributed by atoms with van der Waals surface area (Å²) in [6, 6.07) is 59.8. The number of hydrogen-bond acceptors (Lipinski definition) is 2. The second kappa shape index (κ2) is 11.0. The van der Waals surface area contributed by atoms with Gasteiger partial charge in [-0.15, -0.1) is 0 Å². The smallest absolute Gasteiger partial charge is 0.143 e. The van der Waals surface area contributed by atoms with Crippen molar-refractivity contribution in [3.05, 3.63) is 181 Å². The van der Waals surface area contributed by atoms with E-state index in [-0.39, 0.29) is 5.41 Å². The van der Waals surface area contributed by atoms with Gasteiger partial charge in [-0.25, -0.2) is 0 Å². The first kappa shape index (κ1) is 30.5. The Hall–Kier alpha value is -6.97. The molecule has 0 radical (unpaired) electrons. The average Bonchev–Trinajstić information content (AvgIpc) is 3.85. The summed E-state index contributed by atoms with van der Waals surface area (Å²) < 4.78 is 8.89. The molecule has 8 aromatic carbocycles. The van der Waals surface area contributed by atoms with Crippen molar-refractivity contribution < 1.29 is 4.42 Å². The zero-order chi connectivity index (χ0) is 36.4. The van der Waals surface area contributed by atoms with E-state index < -0.39 is 0 Å². The normalized spacial score (nSPS) is 13.4. The molecule has 3 aromatic heterocycles. The molecule has 0 bridgehead atoms. The summed E-state index contributed by atoms with van der Waals surface area (Å²) >= 11 is 0. The van der Waals surface area contributed by atoms with E-state index in [0.717, 1.165) is 49.7 Å². The van der Waals surface area contributed by atoms with Gasteiger partial charge in [0, 0.05) is 55.2 Å². The summed E-state index contributed by atoms with van der Waals surface area (Å²) in [5.74, 6) is 0. The van der Waals surface area contributed by atoms with Gasteiger partial charge in [0.15, 0.2) is 0 Å². The molecule has 0 aliphatic heterocycles. The van der Waals surface area contributed by atoms with Gasteiger partial charge in [-0.1, -0.05) is 129 Å². The second-order valence-electron chi connectivity index (χ2n) is 15.5. The van der Waals surface area contributed by atoms with Crippen molar-refractivity contribution in [2.24, 2.45) is 0 Å². The first-order valence-corrected chi connectivity index (χ1v) is 19.0. The number of pyridine rings is 1. The maximum absolute atomic E-state index is 6.43. The predicted octanol–water partition coefficient (Wildman–Crippen LogP) is 14.0. The van der Waals surface area contributed by atoms with Crippen LogP contribution in [0.4, 0.5) is 0 Å². The highest BCUT2D eigenvalue weighted by Gasteiger charge is 2.36. The van der Waals surface area contributed by atoms with Crippen LogP contribution in [0.1, 0.15) is 25.0 Å². The van der Waals surface area contributed by atoms with E-state index in [1.807, 2.05) is 24.4 Å². The van der Waals surface area contributed by atoms with Gasteiger partial charge in [-0.3, -0.25) is 4.98 Å². The van der Waals surface area contributed by atoms with E-state index in [1.165, 1.54) is 66.0 Å². The van der Waals surface area contributed by atoms with Crippen molar-refractivity contribution in [3.8, 4) is 39.1 Å². The Morgan fingerprint density at radius 2 is 1.22 bits per heavy atom. The molecule has 1 aliphatic carbocycles. The molecule has 0 atom stereocenters. The Labute approximate surface area is 317 Å². The van der Waals surface area contributed by atoms with E-state index in [4.69, 9.17) is 9.40 Å². The summed E-state index contributed by atoms with van der Waals surface area (Å²) in [5, 5.41) is 8.31. The first-order valence-electron chi connectivity index (χ1n) is 19.0. The first-order chi connectivity index (χ1) is 27.0. The number of fused-ring (bicyclic) bond motifs is 12. The van der Waals surface area contributed by atoms with Crippen LogP contribution >= 0.6 is 0 Å². The largest absolute Gasteiger partial charge is 0.455 e. The number of aromatic nitrogens is 2. The molecule has 0 saturated heterocycles. The summed E-state index contributed by atoms with van der Waals surface area (Å²) in [5.41, 5.74) is 16.3. The van der Waals surface area contributed by atoms with Crippen LogP contribution in [0.2, 0.25) is 0 Å². The Morgan fingerprint density at radius 1 is 0.491 bits per heavy atom. The molecule has 0 fully saturated rings. The number of hydrogen-bond donors (Lipinski definition) is 0. The molecule has 12 rings (SSSR count). The van der Waals surface area contributed by atoms with E-state index >= 15 is 0 Å². The number of para-hydroxylation sites is 2. The van der Waals surface area contributed by atoms with Crippen LogP contribution in [0.25, 0.3) is 104 Å². The number of nitrogens with zero attached hydrogens (tertiary/aromatic N) is 2. The fraction of sp³-hybridized carbons (Fsp3) is 0.0577. The van der Waals surface area contributed by atoms with Crippen molar-refractivity contribution in [1.82, 2.24) is 9.55 Å². The summed E-state index contributed by atoms with van der Waals surface area (Å²) in [6.45, 7) is 4.72. The van der Waals surface area contributed by atoms with Gasteiger partial charge in [0.25, 0.3) is 0 Å². The summed E-state index contributed by atoms with van der Waals surface area (Å²) in [6.07, 6.45) is 1.90. The molecule has 3 heterocycles. The zero-order valence-corrected chi connectivity index (χ0v) is 30.5. The molecule has 55 heavy (non-hydrogen) atoms. The van der Waals surface area contributed by atoms with Crippen molar-refractivity contribution in [1.29, 1.82) is 0 Å². The lowest BCUT2D eigenvalue weighted by Gasteiger charge is -2.21. The minimum Gasteiger partial charge on any atom is -0.455 e. The third-order valence-electron chi connectivity index (χ3n) is 12.2.